The number of benzene rings is 3. The summed E-state index contributed by atoms with van der Waals surface area (Å²) in [5.41, 5.74) is 5.48. The Balaban J connectivity index is 1.20. The highest BCUT2D eigenvalue weighted by Gasteiger charge is 2.43. The van der Waals surface area contributed by atoms with E-state index >= 15 is 0 Å². The number of aliphatic hydroxyl groups is 2. The minimum Gasteiger partial charge on any atom is -0.466 e. The van der Waals surface area contributed by atoms with Crippen LogP contribution in [0.2, 0.25) is 0 Å². The van der Waals surface area contributed by atoms with E-state index in [1.165, 1.54) is 25.2 Å². The number of ether oxygens (including phenoxy) is 1. The Morgan fingerprint density at radius 1 is 0.918 bits per heavy atom. The van der Waals surface area contributed by atoms with Gasteiger partial charge in [0.2, 0.25) is 5.91 Å². The Morgan fingerprint density at radius 2 is 1.65 bits per heavy atom. The Hall–Kier alpha value is -4.73. The molecule has 2 saturated carbocycles. The van der Waals surface area contributed by atoms with E-state index < -0.39 is 23.7 Å². The van der Waals surface area contributed by atoms with Gasteiger partial charge in [-0.3, -0.25) is 9.59 Å². The Bertz CT molecular complexity index is 1910. The van der Waals surface area contributed by atoms with E-state index in [9.17, 15) is 24.6 Å². The average molecular weight is 662 g/mol. The van der Waals surface area contributed by atoms with Crippen LogP contribution in [0.1, 0.15) is 96.9 Å². The van der Waals surface area contributed by atoms with Crippen LogP contribution in [0.25, 0.3) is 28.2 Å². The number of rotatable bonds is 7. The number of hydrogen-bond donors (Lipinski definition) is 4. The van der Waals surface area contributed by atoms with Crippen molar-refractivity contribution in [2.24, 2.45) is 0 Å². The van der Waals surface area contributed by atoms with E-state index in [1.807, 2.05) is 42.5 Å². The first-order valence-corrected chi connectivity index (χ1v) is 17.4. The molecule has 2 fully saturated rings. The molecule has 254 valence electrons. The number of carbonyl (C=O) groups excluding carboxylic acids is 3. The average Bonchev–Trinajstić information content (AvgIpc) is 3.71. The molecule has 4 aromatic rings. The van der Waals surface area contributed by atoms with Gasteiger partial charge in [0, 0.05) is 33.8 Å². The van der Waals surface area contributed by atoms with Gasteiger partial charge in [-0.15, -0.1) is 0 Å². The van der Waals surface area contributed by atoms with E-state index in [-0.39, 0.29) is 18.4 Å². The van der Waals surface area contributed by atoms with Gasteiger partial charge in [0.15, 0.2) is 0 Å². The highest BCUT2D eigenvalue weighted by molar-refractivity contribution is 6.06. The molecule has 2 aliphatic carbocycles. The summed E-state index contributed by atoms with van der Waals surface area (Å²) in [7, 11) is 1.32. The van der Waals surface area contributed by atoms with E-state index in [1.54, 1.807) is 30.3 Å². The maximum absolute atomic E-state index is 14.0. The highest BCUT2D eigenvalue weighted by Crippen LogP contribution is 2.47. The number of esters is 1. The zero-order chi connectivity index (χ0) is 34.1. The van der Waals surface area contributed by atoms with Crippen LogP contribution < -0.4 is 10.6 Å². The van der Waals surface area contributed by atoms with Crippen LogP contribution in [0.3, 0.4) is 0 Å². The van der Waals surface area contributed by atoms with Crippen LogP contribution >= 0.6 is 0 Å². The van der Waals surface area contributed by atoms with Gasteiger partial charge in [0.05, 0.1) is 19.3 Å². The SMILES string of the molecule is COC(=O)C=Cc1ccc(NC(=O)C2(NC(=O)c3ccc4c(C5CCCCC5)c5n(c4c3)C[C@@H](O)[C@@H](O)c3ccccc3-5)CCCC2)cc1. The summed E-state index contributed by atoms with van der Waals surface area (Å²) in [5, 5.41) is 29.5. The smallest absolute Gasteiger partial charge is 0.330 e. The quantitative estimate of drug-likeness (QED) is 0.130. The fraction of sp³-hybridized carbons (Fsp3) is 0.375. The van der Waals surface area contributed by atoms with Crippen molar-refractivity contribution in [1.29, 1.82) is 0 Å². The largest absolute Gasteiger partial charge is 0.466 e. The van der Waals surface area contributed by atoms with Crippen LogP contribution in [0.4, 0.5) is 5.69 Å². The molecule has 3 aliphatic rings. The molecular weight excluding hydrogens is 618 g/mol. The fourth-order valence-electron chi connectivity index (χ4n) is 8.10. The lowest BCUT2D eigenvalue weighted by molar-refractivity contribution is -0.134. The molecule has 1 aromatic heterocycles. The van der Waals surface area contributed by atoms with E-state index in [0.29, 0.717) is 35.6 Å². The summed E-state index contributed by atoms with van der Waals surface area (Å²) in [6.45, 7) is 0.198. The number of carbonyl (C=O) groups is 3. The van der Waals surface area contributed by atoms with Gasteiger partial charge in [-0.1, -0.05) is 74.6 Å². The molecular formula is C40H43N3O6. The first kappa shape index (κ1) is 32.8. The summed E-state index contributed by atoms with van der Waals surface area (Å²) >= 11 is 0. The number of aliphatic hydroxyl groups excluding tert-OH is 2. The maximum Gasteiger partial charge on any atom is 0.330 e. The van der Waals surface area contributed by atoms with Gasteiger partial charge in [0.25, 0.3) is 5.91 Å². The molecule has 0 bridgehead atoms. The topological polar surface area (TPSA) is 130 Å². The molecule has 3 aromatic carbocycles. The normalized spacial score (nSPS) is 20.4. The molecule has 1 aliphatic heterocycles. The molecule has 9 nitrogen and oxygen atoms in total. The molecule has 2 heterocycles. The predicted octanol–water partition coefficient (Wildman–Crippen LogP) is 6.63. The number of fused-ring (bicyclic) bond motifs is 5. The molecule has 0 spiro atoms. The Kier molecular flexibility index (Phi) is 9.13. The lowest BCUT2D eigenvalue weighted by Crippen LogP contribution is -2.55. The third kappa shape index (κ3) is 6.29. The number of methoxy groups -OCH3 is 1. The highest BCUT2D eigenvalue weighted by atomic mass is 16.5. The minimum atomic E-state index is -1.06. The van der Waals surface area contributed by atoms with Crippen LogP contribution in [-0.4, -0.2) is 51.3 Å². The number of aromatic nitrogens is 1. The second-order valence-electron chi connectivity index (χ2n) is 13.7. The van der Waals surface area contributed by atoms with Crippen molar-refractivity contribution in [2.45, 2.75) is 88.0 Å². The van der Waals surface area contributed by atoms with Crippen molar-refractivity contribution < 1.29 is 29.3 Å². The van der Waals surface area contributed by atoms with E-state index in [2.05, 4.69) is 19.9 Å². The van der Waals surface area contributed by atoms with Crippen molar-refractivity contribution in [3.8, 4) is 11.3 Å². The number of hydrogen-bond acceptors (Lipinski definition) is 6. The van der Waals surface area contributed by atoms with Crippen LogP contribution in [-0.2, 0) is 20.9 Å². The molecule has 4 N–H and O–H groups in total. The lowest BCUT2D eigenvalue weighted by atomic mass is 9.81. The van der Waals surface area contributed by atoms with Gasteiger partial charge in [0.1, 0.15) is 17.7 Å². The zero-order valence-corrected chi connectivity index (χ0v) is 27.8. The van der Waals surface area contributed by atoms with Gasteiger partial charge in [-0.05, 0) is 78.6 Å². The first-order valence-electron chi connectivity index (χ1n) is 17.4. The van der Waals surface area contributed by atoms with Crippen molar-refractivity contribution >= 4 is 40.4 Å². The number of amides is 2. The maximum atomic E-state index is 14.0. The van der Waals surface area contributed by atoms with Crippen LogP contribution in [0.5, 0.6) is 0 Å². The van der Waals surface area contributed by atoms with Crippen molar-refractivity contribution in [2.75, 3.05) is 12.4 Å². The lowest BCUT2D eigenvalue weighted by Gasteiger charge is -2.29. The zero-order valence-electron chi connectivity index (χ0n) is 27.8. The molecule has 0 saturated heterocycles. The van der Waals surface area contributed by atoms with Gasteiger partial charge in [-0.25, -0.2) is 4.79 Å². The summed E-state index contributed by atoms with van der Waals surface area (Å²) in [4.78, 5) is 39.2. The fourth-order valence-corrected chi connectivity index (χ4v) is 8.10. The van der Waals surface area contributed by atoms with Gasteiger partial charge >= 0.3 is 5.97 Å². The second-order valence-corrected chi connectivity index (χ2v) is 13.7. The monoisotopic (exact) mass is 661 g/mol. The van der Waals surface area contributed by atoms with Crippen LogP contribution in [0.15, 0.2) is 72.8 Å². The third-order valence-electron chi connectivity index (χ3n) is 10.7. The molecule has 2 atom stereocenters. The summed E-state index contributed by atoms with van der Waals surface area (Å²) in [6.07, 6.45) is 9.31. The summed E-state index contributed by atoms with van der Waals surface area (Å²) in [6, 6.07) is 20.6. The van der Waals surface area contributed by atoms with E-state index in [0.717, 1.165) is 66.2 Å². The van der Waals surface area contributed by atoms with Crippen molar-refractivity contribution in [3.05, 3.63) is 95.1 Å². The van der Waals surface area contributed by atoms with E-state index in [4.69, 9.17) is 0 Å². The molecule has 0 unspecified atom stereocenters. The van der Waals surface area contributed by atoms with Crippen LogP contribution in [0, 0.1) is 0 Å². The number of nitrogens with one attached hydrogen (secondary N) is 2. The third-order valence-corrected chi connectivity index (χ3v) is 10.7. The van der Waals surface area contributed by atoms with Crippen molar-refractivity contribution in [1.82, 2.24) is 9.88 Å². The summed E-state index contributed by atoms with van der Waals surface area (Å²) in [5.74, 6) is -0.695. The van der Waals surface area contributed by atoms with Gasteiger partial charge in [-0.2, -0.15) is 0 Å². The molecule has 0 radical (unpaired) electrons. The second kappa shape index (κ2) is 13.6. The molecule has 9 heteroatoms. The molecule has 7 rings (SSSR count). The Morgan fingerprint density at radius 3 is 2.39 bits per heavy atom. The molecule has 2 amide bonds. The summed E-state index contributed by atoms with van der Waals surface area (Å²) < 4.78 is 6.73. The van der Waals surface area contributed by atoms with Gasteiger partial charge < -0.3 is 30.2 Å². The Labute approximate surface area is 286 Å². The minimum absolute atomic E-state index is 0.198. The predicted molar refractivity (Wildman–Crippen MR) is 189 cm³/mol. The first-order chi connectivity index (χ1) is 23.8. The standard InChI is InChI=1S/C40H43N3O6/c1-49-34(45)20-15-25-13-17-28(18-14-25)41-39(48)40(21-7-8-22-40)42-38(47)27-16-19-31-32(23-27)43-24-33(44)37(46)30-12-6-5-11-29(30)36(43)35(31)26-9-3-2-4-10-26/h5-6,11-20,23,26,33,37,44,46H,2-4,7-10,21-22,24H2,1H3,(H,41,48)(H,42,47)/t33-,37+/m1/s1. The van der Waals surface area contributed by atoms with Crippen molar-refractivity contribution in [3.63, 3.8) is 0 Å². The number of nitrogens with zero attached hydrogens (tertiary/aromatic N) is 1. The molecule has 49 heavy (non-hydrogen) atoms. The number of anilines is 1.